The van der Waals surface area contributed by atoms with E-state index in [1.165, 1.54) is 0 Å². The molecule has 1 heterocycles. The van der Waals surface area contributed by atoms with Gasteiger partial charge in [0, 0.05) is 11.3 Å². The maximum Gasteiger partial charge on any atom is 0.162 e. The molecule has 1 atom stereocenters. The van der Waals surface area contributed by atoms with E-state index in [9.17, 15) is 5.11 Å². The molecule has 1 aliphatic rings. The number of ether oxygens (including phenoxy) is 2. The zero-order valence-electron chi connectivity index (χ0n) is 11.1. The maximum atomic E-state index is 9.71. The van der Waals surface area contributed by atoms with Crippen LogP contribution >= 0.6 is 0 Å². The molecule has 0 amide bonds. The molecule has 2 rings (SSSR count). The highest BCUT2D eigenvalue weighted by Crippen LogP contribution is 2.25. The first kappa shape index (κ1) is 13.3. The lowest BCUT2D eigenvalue weighted by atomic mass is 10.1. The Morgan fingerprint density at radius 1 is 1.28 bits per heavy atom. The van der Waals surface area contributed by atoms with E-state index in [-0.39, 0.29) is 6.04 Å². The molecule has 1 unspecified atom stereocenters. The highest BCUT2D eigenvalue weighted by Gasteiger charge is 2.28. The average molecular weight is 251 g/mol. The summed E-state index contributed by atoms with van der Waals surface area (Å²) in [6.07, 6.45) is -0.490. The van der Waals surface area contributed by atoms with Crippen molar-refractivity contribution in [1.29, 1.82) is 0 Å². The van der Waals surface area contributed by atoms with Crippen LogP contribution in [0.2, 0.25) is 0 Å². The van der Waals surface area contributed by atoms with Crippen molar-refractivity contribution in [2.24, 2.45) is 0 Å². The summed E-state index contributed by atoms with van der Waals surface area (Å²) in [6.45, 7) is 6.78. The second-order valence-corrected chi connectivity index (χ2v) is 5.13. The third-order valence-corrected chi connectivity index (χ3v) is 3.03. The Morgan fingerprint density at radius 2 is 1.89 bits per heavy atom. The van der Waals surface area contributed by atoms with Crippen LogP contribution in [0.5, 0.6) is 0 Å². The summed E-state index contributed by atoms with van der Waals surface area (Å²) >= 11 is 0. The van der Waals surface area contributed by atoms with Gasteiger partial charge in [-0.25, -0.2) is 0 Å². The van der Waals surface area contributed by atoms with Gasteiger partial charge in [-0.05, 0) is 26.8 Å². The van der Waals surface area contributed by atoms with Crippen molar-refractivity contribution < 1.29 is 14.6 Å². The Labute approximate surface area is 108 Å². The summed E-state index contributed by atoms with van der Waals surface area (Å²) in [4.78, 5) is 0. The van der Waals surface area contributed by atoms with Crippen LogP contribution in [0.4, 0.5) is 5.69 Å². The van der Waals surface area contributed by atoms with Crippen LogP contribution < -0.4 is 5.32 Å². The normalized spacial score (nSPS) is 21.6. The largest absolute Gasteiger partial charge is 0.389 e. The second kappa shape index (κ2) is 5.26. The first-order valence-electron chi connectivity index (χ1n) is 6.29. The number of aliphatic hydroxyl groups is 1. The molecule has 0 saturated carbocycles. The first-order valence-corrected chi connectivity index (χ1v) is 6.29. The molecule has 4 heteroatoms. The summed E-state index contributed by atoms with van der Waals surface area (Å²) in [7, 11) is 0. The number of aliphatic hydroxyl groups excluding tert-OH is 1. The number of hydrogen-bond donors (Lipinski definition) is 2. The molecule has 100 valence electrons. The van der Waals surface area contributed by atoms with Gasteiger partial charge < -0.3 is 19.9 Å². The number of hydrogen-bond acceptors (Lipinski definition) is 4. The Morgan fingerprint density at radius 3 is 2.50 bits per heavy atom. The SMILES string of the molecule is CC(O)c1ccccc1NC1COC(C)(C)OC1. The zero-order valence-corrected chi connectivity index (χ0v) is 11.1. The maximum absolute atomic E-state index is 9.71. The van der Waals surface area contributed by atoms with Crippen molar-refractivity contribution in [1.82, 2.24) is 0 Å². The lowest BCUT2D eigenvalue weighted by Crippen LogP contribution is -2.45. The zero-order chi connectivity index (χ0) is 13.2. The van der Waals surface area contributed by atoms with Crippen molar-refractivity contribution in [2.75, 3.05) is 18.5 Å². The molecule has 0 aliphatic carbocycles. The third kappa shape index (κ3) is 3.22. The predicted octanol–water partition coefficient (Wildman–Crippen LogP) is 2.30. The minimum Gasteiger partial charge on any atom is -0.389 e. The van der Waals surface area contributed by atoms with Gasteiger partial charge >= 0.3 is 0 Å². The molecule has 1 saturated heterocycles. The van der Waals surface area contributed by atoms with Gasteiger partial charge in [-0.1, -0.05) is 18.2 Å². The first-order chi connectivity index (χ1) is 8.48. The Hall–Kier alpha value is -1.10. The van der Waals surface area contributed by atoms with Gasteiger partial charge in [-0.2, -0.15) is 0 Å². The fourth-order valence-electron chi connectivity index (χ4n) is 1.99. The Balaban J connectivity index is 2.02. The molecule has 4 nitrogen and oxygen atoms in total. The van der Waals surface area contributed by atoms with Crippen LogP contribution in [-0.2, 0) is 9.47 Å². The molecule has 0 radical (unpaired) electrons. The highest BCUT2D eigenvalue weighted by molar-refractivity contribution is 5.52. The molecular weight excluding hydrogens is 230 g/mol. The van der Waals surface area contributed by atoms with Crippen molar-refractivity contribution >= 4 is 5.69 Å². The summed E-state index contributed by atoms with van der Waals surface area (Å²) in [5, 5.41) is 13.1. The molecule has 1 aromatic rings. The van der Waals surface area contributed by atoms with Crippen LogP contribution in [0.3, 0.4) is 0 Å². The van der Waals surface area contributed by atoms with Gasteiger partial charge in [0.05, 0.1) is 25.4 Å². The minimum absolute atomic E-state index is 0.109. The molecule has 1 aliphatic heterocycles. The van der Waals surface area contributed by atoms with Crippen LogP contribution in [0.1, 0.15) is 32.4 Å². The number of nitrogens with one attached hydrogen (secondary N) is 1. The van der Waals surface area contributed by atoms with Gasteiger partial charge in [-0.3, -0.25) is 0 Å². The topological polar surface area (TPSA) is 50.7 Å². The molecule has 2 N–H and O–H groups in total. The summed E-state index contributed by atoms with van der Waals surface area (Å²) in [5.74, 6) is -0.498. The van der Waals surface area contributed by atoms with Gasteiger partial charge in [0.2, 0.25) is 0 Å². The van der Waals surface area contributed by atoms with E-state index < -0.39 is 11.9 Å². The summed E-state index contributed by atoms with van der Waals surface area (Å²) in [6, 6.07) is 7.86. The Kier molecular flexibility index (Phi) is 3.90. The van der Waals surface area contributed by atoms with E-state index in [0.717, 1.165) is 11.3 Å². The van der Waals surface area contributed by atoms with Crippen LogP contribution in [-0.4, -0.2) is 30.1 Å². The molecular formula is C14H21NO3. The van der Waals surface area contributed by atoms with E-state index in [4.69, 9.17) is 9.47 Å². The fourth-order valence-corrected chi connectivity index (χ4v) is 1.99. The minimum atomic E-state index is -0.498. The Bertz CT molecular complexity index is 394. The number of rotatable bonds is 3. The van der Waals surface area contributed by atoms with Gasteiger partial charge in [0.15, 0.2) is 5.79 Å². The quantitative estimate of drug-likeness (QED) is 0.865. The van der Waals surface area contributed by atoms with Crippen LogP contribution in [0.25, 0.3) is 0 Å². The summed E-state index contributed by atoms with van der Waals surface area (Å²) < 4.78 is 11.2. The van der Waals surface area contributed by atoms with E-state index in [0.29, 0.717) is 13.2 Å². The highest BCUT2D eigenvalue weighted by atomic mass is 16.7. The van der Waals surface area contributed by atoms with Crippen molar-refractivity contribution in [3.05, 3.63) is 29.8 Å². The van der Waals surface area contributed by atoms with Gasteiger partial charge in [0.25, 0.3) is 0 Å². The van der Waals surface area contributed by atoms with Gasteiger partial charge in [-0.15, -0.1) is 0 Å². The number of benzene rings is 1. The van der Waals surface area contributed by atoms with E-state index in [2.05, 4.69) is 5.32 Å². The standard InChI is InChI=1S/C14H21NO3/c1-10(16)12-6-4-5-7-13(12)15-11-8-17-14(2,3)18-9-11/h4-7,10-11,15-16H,8-9H2,1-3H3. The predicted molar refractivity (Wildman–Crippen MR) is 70.5 cm³/mol. The van der Waals surface area contributed by atoms with Gasteiger partial charge in [0.1, 0.15) is 0 Å². The van der Waals surface area contributed by atoms with Crippen molar-refractivity contribution in [3.8, 4) is 0 Å². The fraction of sp³-hybridized carbons (Fsp3) is 0.571. The van der Waals surface area contributed by atoms with Crippen LogP contribution in [0.15, 0.2) is 24.3 Å². The lowest BCUT2D eigenvalue weighted by Gasteiger charge is -2.36. The smallest absolute Gasteiger partial charge is 0.162 e. The van der Waals surface area contributed by atoms with E-state index in [1.807, 2.05) is 38.1 Å². The number of para-hydroxylation sites is 1. The molecule has 18 heavy (non-hydrogen) atoms. The molecule has 0 bridgehead atoms. The molecule has 1 aromatic carbocycles. The number of anilines is 1. The second-order valence-electron chi connectivity index (χ2n) is 5.13. The summed E-state index contributed by atoms with van der Waals surface area (Å²) in [5.41, 5.74) is 1.83. The van der Waals surface area contributed by atoms with E-state index in [1.54, 1.807) is 6.92 Å². The monoisotopic (exact) mass is 251 g/mol. The van der Waals surface area contributed by atoms with Crippen LogP contribution in [0, 0.1) is 0 Å². The molecule has 1 fully saturated rings. The third-order valence-electron chi connectivity index (χ3n) is 3.03. The molecule has 0 aromatic heterocycles. The average Bonchev–Trinajstić information content (AvgIpc) is 2.32. The van der Waals surface area contributed by atoms with Crippen molar-refractivity contribution in [3.63, 3.8) is 0 Å². The lowest BCUT2D eigenvalue weighted by molar-refractivity contribution is -0.247. The van der Waals surface area contributed by atoms with E-state index >= 15 is 0 Å². The molecule has 0 spiro atoms. The van der Waals surface area contributed by atoms with Crippen molar-refractivity contribution in [2.45, 2.75) is 38.7 Å².